The minimum atomic E-state index is 0.827. The number of allylic oxidation sites excluding steroid dienone is 5. The second-order valence-electron chi connectivity index (χ2n) is 16.8. The van der Waals surface area contributed by atoms with Crippen molar-refractivity contribution in [3.05, 3.63) is 203 Å². The van der Waals surface area contributed by atoms with Gasteiger partial charge < -0.3 is 8.98 Å². The van der Waals surface area contributed by atoms with E-state index in [9.17, 15) is 0 Å². The van der Waals surface area contributed by atoms with Crippen molar-refractivity contribution in [3.8, 4) is 39.1 Å². The van der Waals surface area contributed by atoms with E-state index in [2.05, 4.69) is 193 Å². The summed E-state index contributed by atoms with van der Waals surface area (Å²) in [6.45, 7) is 0. The predicted molar refractivity (Wildman–Crippen MR) is 258 cm³/mol. The molecule has 0 radical (unpaired) electrons. The van der Waals surface area contributed by atoms with Crippen LogP contribution < -0.4 is 0 Å². The van der Waals surface area contributed by atoms with E-state index in [4.69, 9.17) is 4.42 Å². The molecule has 2 nitrogen and oxygen atoms in total. The molecule has 0 saturated heterocycles. The maximum atomic E-state index is 7.17. The van der Waals surface area contributed by atoms with Gasteiger partial charge in [0, 0.05) is 38.1 Å². The number of nitrogens with zero attached hydrogens (tertiary/aromatic N) is 1. The normalized spacial score (nSPS) is 14.3. The Morgan fingerprint density at radius 2 is 1.07 bits per heavy atom. The molecule has 0 amide bonds. The molecule has 0 atom stereocenters. The molecule has 0 fully saturated rings. The van der Waals surface area contributed by atoms with Gasteiger partial charge in [-0.15, -0.1) is 0 Å². The third-order valence-corrected chi connectivity index (χ3v) is 13.6. The summed E-state index contributed by atoms with van der Waals surface area (Å²) >= 11 is 0. The van der Waals surface area contributed by atoms with E-state index in [1.165, 1.54) is 99.5 Å². The molecule has 2 heteroatoms. The molecule has 0 N–H and O–H groups in total. The van der Waals surface area contributed by atoms with E-state index in [0.717, 1.165) is 59.6 Å². The van der Waals surface area contributed by atoms with Gasteiger partial charge in [0.2, 0.25) is 0 Å². The Morgan fingerprint density at radius 3 is 1.80 bits per heavy atom. The topological polar surface area (TPSA) is 18.1 Å². The first-order chi connectivity index (χ1) is 30.3. The van der Waals surface area contributed by atoms with E-state index in [1.807, 2.05) is 0 Å². The molecule has 0 aliphatic heterocycles. The fourth-order valence-electron chi connectivity index (χ4n) is 11.1. The fraction of sp³-hybridized carbons (Fsp3) is 0.0847. The first-order valence-corrected chi connectivity index (χ1v) is 21.8. The van der Waals surface area contributed by atoms with Crippen molar-refractivity contribution in [1.82, 2.24) is 4.57 Å². The van der Waals surface area contributed by atoms with Crippen LogP contribution in [-0.2, 0) is 19.3 Å². The van der Waals surface area contributed by atoms with Crippen molar-refractivity contribution in [2.45, 2.75) is 32.1 Å². The monoisotopic (exact) mass is 779 g/mol. The van der Waals surface area contributed by atoms with Crippen molar-refractivity contribution in [1.29, 1.82) is 0 Å². The van der Waals surface area contributed by atoms with Gasteiger partial charge in [0.25, 0.3) is 0 Å². The molecule has 3 aliphatic rings. The highest BCUT2D eigenvalue weighted by Gasteiger charge is 2.28. The highest BCUT2D eigenvalue weighted by molar-refractivity contribution is 6.15. The summed E-state index contributed by atoms with van der Waals surface area (Å²) in [6, 6.07) is 51.4. The molecular formula is C59H41NO. The molecule has 10 aromatic rings. The van der Waals surface area contributed by atoms with Crippen LogP contribution in [-0.4, -0.2) is 4.57 Å². The highest BCUT2D eigenvalue weighted by Crippen LogP contribution is 2.49. The van der Waals surface area contributed by atoms with Gasteiger partial charge in [-0.3, -0.25) is 0 Å². The van der Waals surface area contributed by atoms with Crippen LogP contribution in [0.2, 0.25) is 0 Å². The third kappa shape index (κ3) is 5.09. The molecule has 288 valence electrons. The van der Waals surface area contributed by atoms with Crippen LogP contribution in [0, 0.1) is 0 Å². The zero-order valence-corrected chi connectivity index (χ0v) is 33.8. The number of benzene rings is 8. The van der Waals surface area contributed by atoms with Crippen LogP contribution in [0.4, 0.5) is 0 Å². The van der Waals surface area contributed by atoms with E-state index in [0.29, 0.717) is 0 Å². The van der Waals surface area contributed by atoms with Gasteiger partial charge in [-0.2, -0.15) is 0 Å². The second-order valence-corrected chi connectivity index (χ2v) is 16.8. The van der Waals surface area contributed by atoms with Gasteiger partial charge in [-0.05, 0) is 117 Å². The number of hydrogen-bond acceptors (Lipinski definition) is 1. The lowest BCUT2D eigenvalue weighted by molar-refractivity contribution is 0.670. The zero-order valence-electron chi connectivity index (χ0n) is 33.8. The van der Waals surface area contributed by atoms with E-state index < -0.39 is 0 Å². The van der Waals surface area contributed by atoms with Crippen LogP contribution in [0.5, 0.6) is 0 Å². The van der Waals surface area contributed by atoms with Crippen LogP contribution in [0.1, 0.15) is 46.2 Å². The summed E-state index contributed by atoms with van der Waals surface area (Å²) in [4.78, 5) is 0. The lowest BCUT2D eigenvalue weighted by Gasteiger charge is -2.28. The van der Waals surface area contributed by atoms with Crippen LogP contribution >= 0.6 is 0 Å². The molecule has 8 aromatic carbocycles. The average molecular weight is 780 g/mol. The molecule has 0 bridgehead atoms. The van der Waals surface area contributed by atoms with Crippen molar-refractivity contribution in [2.75, 3.05) is 0 Å². The minimum absolute atomic E-state index is 0.827. The SMILES string of the molecule is C1=CCc2c(c(-c3ccc4c(c3)oc3c(-c5c6c(c(-c7ccccc7)c7c5C=CCC7)CCC=C6)cccc34)c3ccccc3c2-n2c3ccccc3c3ccccc32)C=C1. The summed E-state index contributed by atoms with van der Waals surface area (Å²) in [5, 5.41) is 7.32. The Balaban J connectivity index is 1.05. The van der Waals surface area contributed by atoms with E-state index in [1.54, 1.807) is 0 Å². The quantitative estimate of drug-likeness (QED) is 0.174. The molecule has 2 heterocycles. The van der Waals surface area contributed by atoms with Gasteiger partial charge in [-0.1, -0.05) is 164 Å². The molecule has 61 heavy (non-hydrogen) atoms. The van der Waals surface area contributed by atoms with Gasteiger partial charge >= 0.3 is 0 Å². The van der Waals surface area contributed by atoms with Crippen LogP contribution in [0.25, 0.3) is 112 Å². The number of furan rings is 1. The average Bonchev–Trinajstić information content (AvgIpc) is 3.75. The Morgan fingerprint density at radius 1 is 0.426 bits per heavy atom. The van der Waals surface area contributed by atoms with Crippen molar-refractivity contribution in [3.63, 3.8) is 0 Å². The number of rotatable bonds is 4. The molecule has 0 spiro atoms. The van der Waals surface area contributed by atoms with Crippen LogP contribution in [0.15, 0.2) is 174 Å². The second kappa shape index (κ2) is 13.6. The van der Waals surface area contributed by atoms with Gasteiger partial charge in [0.15, 0.2) is 0 Å². The minimum Gasteiger partial charge on any atom is -0.455 e. The molecule has 2 aromatic heterocycles. The summed E-state index contributed by atoms with van der Waals surface area (Å²) in [6.07, 6.45) is 23.5. The lowest BCUT2D eigenvalue weighted by atomic mass is 9.76. The summed E-state index contributed by atoms with van der Waals surface area (Å²) in [5.74, 6) is 0. The Labute approximate surface area is 354 Å². The summed E-state index contributed by atoms with van der Waals surface area (Å²) < 4.78 is 9.69. The largest absolute Gasteiger partial charge is 0.455 e. The number of hydrogen-bond donors (Lipinski definition) is 0. The van der Waals surface area contributed by atoms with Crippen molar-refractivity contribution < 1.29 is 4.42 Å². The van der Waals surface area contributed by atoms with Crippen molar-refractivity contribution in [2.24, 2.45) is 0 Å². The number of para-hydroxylation sites is 3. The third-order valence-electron chi connectivity index (χ3n) is 13.6. The standard InChI is InChI=1S/C59H41NO/c1-3-18-37(19-4-1)55-42-23-7-9-25-44(42)57(45-26-10-8-24-43(45)55)51-31-17-30-50-41-35-34-38(36-54(41)61-59(50)51)56-46-22-5-2-6-28-48(46)58(49-29-12-11-27-47(49)56)60-52-32-15-13-20-39(52)40-21-14-16-33-53(40)60/h1-6,9-22,25-27,29-36H,7-8,23-24,28H2. The predicted octanol–water partition coefficient (Wildman–Crippen LogP) is 15.9. The first-order valence-electron chi connectivity index (χ1n) is 21.8. The van der Waals surface area contributed by atoms with Gasteiger partial charge in [-0.25, -0.2) is 0 Å². The molecule has 0 saturated carbocycles. The Bertz CT molecular complexity index is 3510. The Kier molecular flexibility index (Phi) is 7.65. The van der Waals surface area contributed by atoms with Gasteiger partial charge in [0.1, 0.15) is 11.2 Å². The maximum Gasteiger partial charge on any atom is 0.143 e. The summed E-state index contributed by atoms with van der Waals surface area (Å²) in [7, 11) is 0. The molecule has 0 unspecified atom stereocenters. The fourth-order valence-corrected chi connectivity index (χ4v) is 11.1. The lowest BCUT2D eigenvalue weighted by Crippen LogP contribution is -2.09. The van der Waals surface area contributed by atoms with Crippen molar-refractivity contribution >= 4 is 72.7 Å². The smallest absolute Gasteiger partial charge is 0.143 e. The van der Waals surface area contributed by atoms with Crippen LogP contribution in [0.3, 0.4) is 0 Å². The molecule has 3 aliphatic carbocycles. The van der Waals surface area contributed by atoms with E-state index >= 15 is 0 Å². The highest BCUT2D eigenvalue weighted by atomic mass is 16.3. The van der Waals surface area contributed by atoms with Gasteiger partial charge in [0.05, 0.1) is 16.7 Å². The maximum absolute atomic E-state index is 7.17. The Hall–Kier alpha value is -7.42. The van der Waals surface area contributed by atoms with E-state index in [-0.39, 0.29) is 0 Å². The zero-order chi connectivity index (χ0) is 40.0. The first kappa shape index (κ1) is 34.4. The number of aromatic nitrogens is 1. The number of fused-ring (bicyclic) bond motifs is 10. The summed E-state index contributed by atoms with van der Waals surface area (Å²) in [5.41, 5.74) is 21.4. The molecule has 13 rings (SSSR count). The molecular weight excluding hydrogens is 739 g/mol.